The molecule has 6 nitrogen and oxygen atoms in total. The Labute approximate surface area is 145 Å². The third-order valence-corrected chi connectivity index (χ3v) is 4.77. The maximum atomic E-state index is 12.3. The van der Waals surface area contributed by atoms with Gasteiger partial charge in [0.25, 0.3) is 0 Å². The standard InChI is InChI=1S/C17H21N5OS/c1-10-2-4-11(5-3-10)16(12-6-7-12)22-15(23)9-24-17-20-13(18)8-14(19)21-17/h2-5,8,12,16H,6-7,9H2,1H3,(H,22,23)(H4,18,19,20,21). The number of aryl methyl sites for hydroxylation is 1. The van der Waals surface area contributed by atoms with Crippen molar-refractivity contribution >= 4 is 29.3 Å². The van der Waals surface area contributed by atoms with Crippen LogP contribution < -0.4 is 16.8 Å². The number of hydrogen-bond acceptors (Lipinski definition) is 6. The first-order chi connectivity index (χ1) is 11.5. The van der Waals surface area contributed by atoms with E-state index in [0.29, 0.717) is 22.7 Å². The van der Waals surface area contributed by atoms with E-state index in [4.69, 9.17) is 11.5 Å². The van der Waals surface area contributed by atoms with Crippen LogP contribution in [0.4, 0.5) is 11.6 Å². The Morgan fingerprint density at radius 2 is 1.88 bits per heavy atom. The van der Waals surface area contributed by atoms with Crippen LogP contribution in [0, 0.1) is 12.8 Å². The number of nitrogens with two attached hydrogens (primary N) is 2. The molecule has 0 aliphatic heterocycles. The molecule has 0 saturated heterocycles. The first-order valence-electron chi connectivity index (χ1n) is 7.90. The number of amides is 1. The molecular formula is C17H21N5OS. The fourth-order valence-electron chi connectivity index (χ4n) is 2.55. The van der Waals surface area contributed by atoms with Crippen molar-refractivity contribution in [2.24, 2.45) is 5.92 Å². The highest BCUT2D eigenvalue weighted by molar-refractivity contribution is 7.99. The van der Waals surface area contributed by atoms with E-state index in [1.807, 2.05) is 0 Å². The summed E-state index contributed by atoms with van der Waals surface area (Å²) in [5.41, 5.74) is 13.6. The number of nitrogen functional groups attached to an aromatic ring is 2. The van der Waals surface area contributed by atoms with Gasteiger partial charge in [0.05, 0.1) is 11.8 Å². The SMILES string of the molecule is Cc1ccc(C(NC(=O)CSc2nc(N)cc(N)n2)C2CC2)cc1. The van der Waals surface area contributed by atoms with Gasteiger partial charge in [-0.1, -0.05) is 41.6 Å². The van der Waals surface area contributed by atoms with Crippen LogP contribution in [0.1, 0.15) is 30.0 Å². The second-order valence-corrected chi connectivity index (χ2v) is 7.02. The number of nitrogens with zero attached hydrogens (tertiary/aromatic N) is 2. The molecule has 1 aromatic carbocycles. The maximum Gasteiger partial charge on any atom is 0.230 e. The van der Waals surface area contributed by atoms with Crippen LogP contribution >= 0.6 is 11.8 Å². The van der Waals surface area contributed by atoms with E-state index in [1.165, 1.54) is 23.4 Å². The Morgan fingerprint density at radius 1 is 1.25 bits per heavy atom. The van der Waals surface area contributed by atoms with Crippen molar-refractivity contribution < 1.29 is 4.79 Å². The zero-order valence-electron chi connectivity index (χ0n) is 13.5. The summed E-state index contributed by atoms with van der Waals surface area (Å²) in [4.78, 5) is 20.5. The van der Waals surface area contributed by atoms with Gasteiger partial charge in [-0.3, -0.25) is 4.79 Å². The van der Waals surface area contributed by atoms with Gasteiger partial charge in [0, 0.05) is 6.07 Å². The van der Waals surface area contributed by atoms with Crippen LogP contribution in [0.15, 0.2) is 35.5 Å². The lowest BCUT2D eigenvalue weighted by atomic mass is 10.0. The van der Waals surface area contributed by atoms with E-state index in [0.717, 1.165) is 18.4 Å². The number of hydrogen-bond donors (Lipinski definition) is 3. The van der Waals surface area contributed by atoms with Gasteiger partial charge < -0.3 is 16.8 Å². The fourth-order valence-corrected chi connectivity index (χ4v) is 3.23. The lowest BCUT2D eigenvalue weighted by molar-refractivity contribution is -0.119. The lowest BCUT2D eigenvalue weighted by Gasteiger charge is -2.19. The van der Waals surface area contributed by atoms with Crippen molar-refractivity contribution in [1.29, 1.82) is 0 Å². The molecule has 7 heteroatoms. The van der Waals surface area contributed by atoms with Gasteiger partial charge in [-0.25, -0.2) is 9.97 Å². The minimum absolute atomic E-state index is 0.0397. The van der Waals surface area contributed by atoms with Crippen LogP contribution in [0.5, 0.6) is 0 Å². The van der Waals surface area contributed by atoms with Gasteiger partial charge in [0.2, 0.25) is 5.91 Å². The number of carbonyl (C=O) groups excluding carboxylic acids is 1. The van der Waals surface area contributed by atoms with Gasteiger partial charge in [-0.15, -0.1) is 0 Å². The predicted octanol–water partition coefficient (Wildman–Crippen LogP) is 2.31. The zero-order chi connectivity index (χ0) is 17.1. The van der Waals surface area contributed by atoms with Crippen molar-refractivity contribution in [3.05, 3.63) is 41.5 Å². The molecule has 1 unspecified atom stereocenters. The normalized spacial score (nSPS) is 15.0. The van der Waals surface area contributed by atoms with Gasteiger partial charge in [0.1, 0.15) is 11.6 Å². The molecule has 126 valence electrons. The first kappa shape index (κ1) is 16.6. The Balaban J connectivity index is 1.60. The van der Waals surface area contributed by atoms with Crippen molar-refractivity contribution in [3.63, 3.8) is 0 Å². The highest BCUT2D eigenvalue weighted by atomic mass is 32.2. The van der Waals surface area contributed by atoms with E-state index >= 15 is 0 Å². The highest BCUT2D eigenvalue weighted by Crippen LogP contribution is 2.41. The molecule has 1 aliphatic rings. The van der Waals surface area contributed by atoms with Crippen LogP contribution in [0.25, 0.3) is 0 Å². The Kier molecular flexibility index (Phi) is 4.89. The molecule has 2 aromatic rings. The topological polar surface area (TPSA) is 107 Å². The van der Waals surface area contributed by atoms with Crippen LogP contribution in [0.3, 0.4) is 0 Å². The van der Waals surface area contributed by atoms with Crippen molar-refractivity contribution in [2.45, 2.75) is 31.0 Å². The van der Waals surface area contributed by atoms with E-state index in [-0.39, 0.29) is 17.7 Å². The minimum Gasteiger partial charge on any atom is -0.383 e. The summed E-state index contributed by atoms with van der Waals surface area (Å²) in [5.74, 6) is 1.34. The predicted molar refractivity (Wildman–Crippen MR) is 96.4 cm³/mol. The summed E-state index contributed by atoms with van der Waals surface area (Å²) >= 11 is 1.23. The monoisotopic (exact) mass is 343 g/mol. The lowest BCUT2D eigenvalue weighted by Crippen LogP contribution is -2.31. The molecule has 1 fully saturated rings. The Bertz CT molecular complexity index is 710. The van der Waals surface area contributed by atoms with Crippen molar-refractivity contribution in [1.82, 2.24) is 15.3 Å². The summed E-state index contributed by atoms with van der Waals surface area (Å²) in [6.45, 7) is 2.06. The molecule has 0 radical (unpaired) electrons. The number of aromatic nitrogens is 2. The van der Waals surface area contributed by atoms with Crippen LogP contribution in [-0.2, 0) is 4.79 Å². The van der Waals surface area contributed by atoms with E-state index < -0.39 is 0 Å². The fraction of sp³-hybridized carbons (Fsp3) is 0.353. The van der Waals surface area contributed by atoms with Gasteiger partial charge in [-0.05, 0) is 31.2 Å². The third kappa shape index (κ3) is 4.38. The highest BCUT2D eigenvalue weighted by Gasteiger charge is 2.33. The molecule has 0 bridgehead atoms. The molecule has 3 rings (SSSR count). The molecule has 1 aromatic heterocycles. The van der Waals surface area contributed by atoms with E-state index in [2.05, 4.69) is 46.5 Å². The summed E-state index contributed by atoms with van der Waals surface area (Å²) < 4.78 is 0. The average Bonchev–Trinajstić information content (AvgIpc) is 3.35. The third-order valence-electron chi connectivity index (χ3n) is 3.92. The van der Waals surface area contributed by atoms with Gasteiger partial charge in [-0.2, -0.15) is 0 Å². The largest absolute Gasteiger partial charge is 0.383 e. The summed E-state index contributed by atoms with van der Waals surface area (Å²) in [7, 11) is 0. The second-order valence-electron chi connectivity index (χ2n) is 6.08. The summed E-state index contributed by atoms with van der Waals surface area (Å²) in [6, 6.07) is 9.90. The molecule has 1 saturated carbocycles. The first-order valence-corrected chi connectivity index (χ1v) is 8.88. The number of rotatable bonds is 6. The van der Waals surface area contributed by atoms with Crippen molar-refractivity contribution in [3.8, 4) is 0 Å². The number of thioether (sulfide) groups is 1. The Hall–Kier alpha value is -2.28. The van der Waals surface area contributed by atoms with Gasteiger partial charge >= 0.3 is 0 Å². The maximum absolute atomic E-state index is 12.3. The quantitative estimate of drug-likeness (QED) is 0.549. The molecule has 1 atom stereocenters. The van der Waals surface area contributed by atoms with Crippen molar-refractivity contribution in [2.75, 3.05) is 17.2 Å². The number of benzene rings is 1. The second kappa shape index (κ2) is 7.09. The average molecular weight is 343 g/mol. The molecule has 1 amide bonds. The number of carbonyl (C=O) groups is 1. The van der Waals surface area contributed by atoms with Crippen LogP contribution in [0.2, 0.25) is 0 Å². The number of nitrogens with one attached hydrogen (secondary N) is 1. The van der Waals surface area contributed by atoms with Gasteiger partial charge in [0.15, 0.2) is 5.16 Å². The molecule has 1 aliphatic carbocycles. The molecular weight excluding hydrogens is 322 g/mol. The molecule has 5 N–H and O–H groups in total. The minimum atomic E-state index is -0.0397. The molecule has 0 spiro atoms. The summed E-state index contributed by atoms with van der Waals surface area (Å²) in [5, 5.41) is 3.55. The number of anilines is 2. The van der Waals surface area contributed by atoms with Crippen LogP contribution in [-0.4, -0.2) is 21.6 Å². The molecule has 1 heterocycles. The zero-order valence-corrected chi connectivity index (χ0v) is 14.3. The Morgan fingerprint density at radius 3 is 2.46 bits per heavy atom. The molecule has 24 heavy (non-hydrogen) atoms. The summed E-state index contributed by atoms with van der Waals surface area (Å²) in [6.07, 6.45) is 2.31. The van der Waals surface area contributed by atoms with E-state index in [9.17, 15) is 4.79 Å². The smallest absolute Gasteiger partial charge is 0.230 e. The van der Waals surface area contributed by atoms with E-state index in [1.54, 1.807) is 0 Å².